The predicted octanol–water partition coefficient (Wildman–Crippen LogP) is 3.83. The van der Waals surface area contributed by atoms with Crippen molar-refractivity contribution < 1.29 is 0 Å². The minimum absolute atomic E-state index is 0.472. The molecule has 0 amide bonds. The van der Waals surface area contributed by atoms with Crippen molar-refractivity contribution >= 4 is 23.1 Å². The Morgan fingerprint density at radius 3 is 2.69 bits per heavy atom. The van der Waals surface area contributed by atoms with Gasteiger partial charge in [0.1, 0.15) is 5.84 Å². The molecule has 0 spiro atoms. The van der Waals surface area contributed by atoms with Crippen molar-refractivity contribution in [2.24, 2.45) is 16.6 Å². The Morgan fingerprint density at radius 1 is 1.38 bits per heavy atom. The summed E-state index contributed by atoms with van der Waals surface area (Å²) in [5, 5.41) is 0.750. The zero-order valence-electron chi connectivity index (χ0n) is 9.54. The Balaban J connectivity index is 2.17. The second-order valence-electron chi connectivity index (χ2n) is 4.45. The van der Waals surface area contributed by atoms with Crippen molar-refractivity contribution in [3.63, 3.8) is 0 Å². The molecule has 1 aliphatic carbocycles. The summed E-state index contributed by atoms with van der Waals surface area (Å²) in [6, 6.07) is 5.81. The molecule has 0 aromatic heterocycles. The summed E-state index contributed by atoms with van der Waals surface area (Å²) >= 11 is 6.05. The quantitative estimate of drug-likeness (QED) is 0.615. The van der Waals surface area contributed by atoms with E-state index in [1.807, 2.05) is 25.1 Å². The van der Waals surface area contributed by atoms with E-state index < -0.39 is 0 Å². The molecule has 3 heteroatoms. The van der Waals surface area contributed by atoms with E-state index in [4.69, 9.17) is 17.3 Å². The van der Waals surface area contributed by atoms with Crippen LogP contribution in [-0.4, -0.2) is 5.84 Å². The molecule has 2 rings (SSSR count). The van der Waals surface area contributed by atoms with E-state index in [1.165, 1.54) is 25.7 Å². The molecule has 0 bridgehead atoms. The molecule has 0 radical (unpaired) electrons. The second-order valence-corrected chi connectivity index (χ2v) is 4.86. The Labute approximate surface area is 102 Å². The van der Waals surface area contributed by atoms with Gasteiger partial charge in [-0.15, -0.1) is 0 Å². The van der Waals surface area contributed by atoms with Crippen molar-refractivity contribution in [2.75, 3.05) is 0 Å². The van der Waals surface area contributed by atoms with Crippen LogP contribution < -0.4 is 5.73 Å². The molecule has 1 aliphatic rings. The van der Waals surface area contributed by atoms with Crippen LogP contribution in [0.3, 0.4) is 0 Å². The molecule has 1 fully saturated rings. The molecule has 1 aromatic carbocycles. The lowest BCUT2D eigenvalue weighted by Crippen LogP contribution is -2.20. The molecule has 1 saturated carbocycles. The van der Waals surface area contributed by atoms with Gasteiger partial charge in [-0.1, -0.05) is 30.5 Å². The number of hydrogen-bond acceptors (Lipinski definition) is 1. The maximum absolute atomic E-state index is 6.05. The number of halogens is 1. The highest BCUT2D eigenvalue weighted by atomic mass is 35.5. The number of aliphatic imine (C=N–C) groups is 1. The topological polar surface area (TPSA) is 38.4 Å². The van der Waals surface area contributed by atoms with E-state index in [2.05, 4.69) is 4.99 Å². The highest BCUT2D eigenvalue weighted by molar-refractivity contribution is 6.31. The number of benzene rings is 1. The van der Waals surface area contributed by atoms with Crippen molar-refractivity contribution in [3.8, 4) is 0 Å². The van der Waals surface area contributed by atoms with Gasteiger partial charge in [0.05, 0.1) is 5.69 Å². The average Bonchev–Trinajstić information content (AvgIpc) is 2.77. The van der Waals surface area contributed by atoms with Crippen LogP contribution in [0.5, 0.6) is 0 Å². The fraction of sp³-hybridized carbons (Fsp3) is 0.462. The fourth-order valence-electron chi connectivity index (χ4n) is 2.11. The van der Waals surface area contributed by atoms with Gasteiger partial charge in [-0.25, -0.2) is 4.99 Å². The average molecular weight is 237 g/mol. The van der Waals surface area contributed by atoms with Crippen LogP contribution in [0.25, 0.3) is 0 Å². The van der Waals surface area contributed by atoms with Crippen molar-refractivity contribution in [3.05, 3.63) is 28.8 Å². The highest BCUT2D eigenvalue weighted by Gasteiger charge is 2.18. The minimum atomic E-state index is 0.472. The van der Waals surface area contributed by atoms with E-state index in [0.717, 1.165) is 22.1 Å². The summed E-state index contributed by atoms with van der Waals surface area (Å²) in [4.78, 5) is 4.45. The molecule has 16 heavy (non-hydrogen) atoms. The van der Waals surface area contributed by atoms with E-state index in [0.29, 0.717) is 5.92 Å². The third-order valence-electron chi connectivity index (χ3n) is 3.19. The Kier molecular flexibility index (Phi) is 3.49. The first-order valence-corrected chi connectivity index (χ1v) is 6.15. The number of hydrogen-bond donors (Lipinski definition) is 1. The van der Waals surface area contributed by atoms with Gasteiger partial charge in [0.2, 0.25) is 0 Å². The van der Waals surface area contributed by atoms with Crippen LogP contribution in [-0.2, 0) is 0 Å². The third-order valence-corrected chi connectivity index (χ3v) is 3.59. The van der Waals surface area contributed by atoms with Gasteiger partial charge in [-0.05, 0) is 37.5 Å². The van der Waals surface area contributed by atoms with E-state index in [-0.39, 0.29) is 0 Å². The maximum Gasteiger partial charge on any atom is 0.103 e. The van der Waals surface area contributed by atoms with E-state index in [1.54, 1.807) is 0 Å². The number of amidine groups is 1. The van der Waals surface area contributed by atoms with Gasteiger partial charge in [0.15, 0.2) is 0 Å². The van der Waals surface area contributed by atoms with Crippen LogP contribution in [0, 0.1) is 12.8 Å². The zero-order chi connectivity index (χ0) is 11.5. The molecule has 2 N–H and O–H groups in total. The van der Waals surface area contributed by atoms with Gasteiger partial charge in [0, 0.05) is 10.9 Å². The summed E-state index contributed by atoms with van der Waals surface area (Å²) in [6.07, 6.45) is 4.90. The highest BCUT2D eigenvalue weighted by Crippen LogP contribution is 2.27. The largest absolute Gasteiger partial charge is 0.387 e. The summed E-state index contributed by atoms with van der Waals surface area (Å²) in [5.74, 6) is 1.23. The first-order valence-electron chi connectivity index (χ1n) is 5.77. The molecule has 86 valence electrons. The first-order chi connectivity index (χ1) is 7.66. The molecular weight excluding hydrogens is 220 g/mol. The number of aryl methyl sites for hydroxylation is 1. The maximum atomic E-state index is 6.05. The third kappa shape index (κ3) is 2.56. The zero-order valence-corrected chi connectivity index (χ0v) is 10.3. The van der Waals surface area contributed by atoms with Crippen LogP contribution in [0.2, 0.25) is 5.02 Å². The summed E-state index contributed by atoms with van der Waals surface area (Å²) in [6.45, 7) is 1.98. The molecule has 0 saturated heterocycles. The van der Waals surface area contributed by atoms with Crippen molar-refractivity contribution in [1.82, 2.24) is 0 Å². The number of nitrogens with zero attached hydrogens (tertiary/aromatic N) is 1. The van der Waals surface area contributed by atoms with Gasteiger partial charge in [0.25, 0.3) is 0 Å². The van der Waals surface area contributed by atoms with Gasteiger partial charge < -0.3 is 5.73 Å². The van der Waals surface area contributed by atoms with E-state index in [9.17, 15) is 0 Å². The van der Waals surface area contributed by atoms with Crippen LogP contribution in [0.15, 0.2) is 23.2 Å². The lowest BCUT2D eigenvalue weighted by atomic mass is 10.1. The predicted molar refractivity (Wildman–Crippen MR) is 69.4 cm³/mol. The standard InChI is InChI=1S/C13H17ClN2/c1-9-6-7-11(8-12(9)14)16-13(15)10-4-2-3-5-10/h6-8,10H,2-5H2,1H3,(H2,15,16). The van der Waals surface area contributed by atoms with E-state index >= 15 is 0 Å². The van der Waals surface area contributed by atoms with Crippen LogP contribution in [0.1, 0.15) is 31.2 Å². The van der Waals surface area contributed by atoms with Crippen molar-refractivity contribution in [2.45, 2.75) is 32.6 Å². The molecule has 0 aliphatic heterocycles. The molecule has 0 unspecified atom stereocenters. The fourth-order valence-corrected chi connectivity index (χ4v) is 2.29. The Bertz CT molecular complexity index is 406. The van der Waals surface area contributed by atoms with Crippen LogP contribution >= 0.6 is 11.6 Å². The lowest BCUT2D eigenvalue weighted by molar-refractivity contribution is 0.722. The smallest absolute Gasteiger partial charge is 0.103 e. The van der Waals surface area contributed by atoms with Crippen LogP contribution in [0.4, 0.5) is 5.69 Å². The molecule has 0 heterocycles. The van der Waals surface area contributed by atoms with Crippen molar-refractivity contribution in [1.29, 1.82) is 0 Å². The summed E-state index contributed by atoms with van der Waals surface area (Å²) < 4.78 is 0. The molecular formula is C13H17ClN2. The Morgan fingerprint density at radius 2 is 2.06 bits per heavy atom. The number of nitrogens with two attached hydrogens (primary N) is 1. The normalized spacial score (nSPS) is 18.0. The van der Waals surface area contributed by atoms with Gasteiger partial charge >= 0.3 is 0 Å². The lowest BCUT2D eigenvalue weighted by Gasteiger charge is -2.08. The minimum Gasteiger partial charge on any atom is -0.387 e. The van der Waals surface area contributed by atoms with Gasteiger partial charge in [-0.2, -0.15) is 0 Å². The summed E-state index contributed by atoms with van der Waals surface area (Å²) in [7, 11) is 0. The first kappa shape index (κ1) is 11.5. The molecule has 0 atom stereocenters. The monoisotopic (exact) mass is 236 g/mol. The molecule has 1 aromatic rings. The van der Waals surface area contributed by atoms with Gasteiger partial charge in [-0.3, -0.25) is 0 Å². The SMILES string of the molecule is Cc1ccc(N=C(N)C2CCCC2)cc1Cl. The molecule has 2 nitrogen and oxygen atoms in total. The second kappa shape index (κ2) is 4.88. The Hall–Kier alpha value is -1.02. The summed E-state index contributed by atoms with van der Waals surface area (Å²) in [5.41, 5.74) is 7.94. The number of rotatable bonds is 2.